The normalized spacial score (nSPS) is 28.4. The van der Waals surface area contributed by atoms with E-state index in [0.717, 1.165) is 30.0 Å². The molecule has 0 aliphatic heterocycles. The summed E-state index contributed by atoms with van der Waals surface area (Å²) in [5.74, 6) is 4.79. The van der Waals surface area contributed by atoms with Crippen LogP contribution in [-0.2, 0) is 6.42 Å². The van der Waals surface area contributed by atoms with Crippen molar-refractivity contribution in [1.29, 1.82) is 0 Å². The average Bonchev–Trinajstić information content (AvgIpc) is 2.75. The highest BCUT2D eigenvalue weighted by Gasteiger charge is 2.26. The molecule has 2 heteroatoms. The Kier molecular flexibility index (Phi) is 9.28. The van der Waals surface area contributed by atoms with Gasteiger partial charge in [-0.1, -0.05) is 78.1 Å². The molecular weight excluding hydrogens is 340 g/mol. The number of hydrogen-bond donors (Lipinski definition) is 0. The standard InChI is InChI=1S/C26H44N2/c1-3-5-6-8-24-19-27-26(28-20-24)25-17-15-23(16-18-25)14-13-22-11-9-21(7-4-2)10-12-22/h19-23,25H,3-18H2,1-2H3/t21-,22-,23?,25?. The highest BCUT2D eigenvalue weighted by atomic mass is 14.9. The summed E-state index contributed by atoms with van der Waals surface area (Å²) in [7, 11) is 0. The van der Waals surface area contributed by atoms with Gasteiger partial charge in [0, 0.05) is 18.3 Å². The van der Waals surface area contributed by atoms with E-state index < -0.39 is 0 Å². The van der Waals surface area contributed by atoms with Gasteiger partial charge in [0.15, 0.2) is 0 Å². The van der Waals surface area contributed by atoms with Gasteiger partial charge in [-0.3, -0.25) is 0 Å². The van der Waals surface area contributed by atoms with Gasteiger partial charge in [0.2, 0.25) is 0 Å². The smallest absolute Gasteiger partial charge is 0.131 e. The third kappa shape index (κ3) is 6.85. The first-order valence-corrected chi connectivity index (χ1v) is 12.6. The van der Waals surface area contributed by atoms with Crippen LogP contribution in [0.5, 0.6) is 0 Å². The summed E-state index contributed by atoms with van der Waals surface area (Å²) in [5.41, 5.74) is 1.32. The van der Waals surface area contributed by atoms with E-state index in [0.29, 0.717) is 5.92 Å². The molecule has 1 heterocycles. The fourth-order valence-electron chi connectivity index (χ4n) is 5.68. The molecule has 1 aromatic heterocycles. The molecule has 2 aliphatic rings. The molecule has 158 valence electrons. The Balaban J connectivity index is 1.33. The molecule has 0 aromatic carbocycles. The molecule has 28 heavy (non-hydrogen) atoms. The number of aromatic nitrogens is 2. The van der Waals surface area contributed by atoms with Crippen molar-refractivity contribution < 1.29 is 0 Å². The average molecular weight is 385 g/mol. The molecule has 0 amide bonds. The monoisotopic (exact) mass is 384 g/mol. The van der Waals surface area contributed by atoms with Crippen molar-refractivity contribution in [3.8, 4) is 0 Å². The van der Waals surface area contributed by atoms with Gasteiger partial charge in [-0.15, -0.1) is 0 Å². The summed E-state index contributed by atoms with van der Waals surface area (Å²) in [6.45, 7) is 4.60. The molecule has 0 saturated heterocycles. The Bertz CT molecular complexity index is 522. The Hall–Kier alpha value is -0.920. The summed E-state index contributed by atoms with van der Waals surface area (Å²) in [4.78, 5) is 9.47. The maximum atomic E-state index is 4.74. The first-order valence-electron chi connectivity index (χ1n) is 12.6. The predicted octanol–water partition coefficient (Wildman–Crippen LogP) is 7.87. The molecular formula is C26H44N2. The maximum absolute atomic E-state index is 4.74. The third-order valence-corrected chi connectivity index (χ3v) is 7.65. The van der Waals surface area contributed by atoms with E-state index in [1.54, 1.807) is 0 Å². The van der Waals surface area contributed by atoms with E-state index in [-0.39, 0.29) is 0 Å². The molecule has 2 aliphatic carbocycles. The summed E-state index contributed by atoms with van der Waals surface area (Å²) < 4.78 is 0. The maximum Gasteiger partial charge on any atom is 0.131 e. The van der Waals surface area contributed by atoms with Crippen molar-refractivity contribution in [1.82, 2.24) is 9.97 Å². The molecule has 2 fully saturated rings. The van der Waals surface area contributed by atoms with Crippen molar-refractivity contribution >= 4 is 0 Å². The summed E-state index contributed by atoms with van der Waals surface area (Å²) in [6.07, 6.45) is 26.5. The van der Waals surface area contributed by atoms with Crippen LogP contribution in [-0.4, -0.2) is 9.97 Å². The van der Waals surface area contributed by atoms with Gasteiger partial charge in [0.1, 0.15) is 5.82 Å². The fraction of sp³-hybridized carbons (Fsp3) is 0.846. The first kappa shape index (κ1) is 21.8. The summed E-state index contributed by atoms with van der Waals surface area (Å²) in [6, 6.07) is 0. The second kappa shape index (κ2) is 11.9. The van der Waals surface area contributed by atoms with Crippen LogP contribution in [0, 0.1) is 17.8 Å². The molecule has 1 aromatic rings. The minimum absolute atomic E-state index is 0.616. The Morgan fingerprint density at radius 2 is 1.21 bits per heavy atom. The predicted molar refractivity (Wildman–Crippen MR) is 120 cm³/mol. The van der Waals surface area contributed by atoms with Crippen molar-refractivity contribution in [2.75, 3.05) is 0 Å². The van der Waals surface area contributed by atoms with Crippen molar-refractivity contribution in [2.45, 2.75) is 122 Å². The number of hydrogen-bond acceptors (Lipinski definition) is 2. The van der Waals surface area contributed by atoms with E-state index >= 15 is 0 Å². The Morgan fingerprint density at radius 1 is 0.679 bits per heavy atom. The lowest BCUT2D eigenvalue weighted by Gasteiger charge is -2.31. The lowest BCUT2D eigenvalue weighted by molar-refractivity contribution is 0.223. The highest BCUT2D eigenvalue weighted by molar-refractivity contribution is 5.08. The minimum atomic E-state index is 0.616. The zero-order valence-electron chi connectivity index (χ0n) is 18.7. The summed E-state index contributed by atoms with van der Waals surface area (Å²) in [5, 5.41) is 0. The van der Waals surface area contributed by atoms with Gasteiger partial charge in [-0.25, -0.2) is 9.97 Å². The van der Waals surface area contributed by atoms with Crippen LogP contribution in [0.2, 0.25) is 0 Å². The van der Waals surface area contributed by atoms with Crippen LogP contribution in [0.15, 0.2) is 12.4 Å². The lowest BCUT2D eigenvalue weighted by Crippen LogP contribution is -2.18. The molecule has 2 nitrogen and oxygen atoms in total. The Labute approximate surface area is 174 Å². The van der Waals surface area contributed by atoms with Gasteiger partial charge in [0.05, 0.1) is 0 Å². The molecule has 2 saturated carbocycles. The van der Waals surface area contributed by atoms with Gasteiger partial charge in [-0.2, -0.15) is 0 Å². The van der Waals surface area contributed by atoms with E-state index in [9.17, 15) is 0 Å². The van der Waals surface area contributed by atoms with E-state index in [1.165, 1.54) is 102 Å². The van der Waals surface area contributed by atoms with Crippen LogP contribution in [0.4, 0.5) is 0 Å². The van der Waals surface area contributed by atoms with Crippen LogP contribution in [0.25, 0.3) is 0 Å². The number of rotatable bonds is 10. The summed E-state index contributed by atoms with van der Waals surface area (Å²) >= 11 is 0. The largest absolute Gasteiger partial charge is 0.241 e. The number of unbranched alkanes of at least 4 members (excludes halogenated alkanes) is 2. The number of aryl methyl sites for hydroxylation is 1. The molecule has 3 rings (SSSR count). The van der Waals surface area contributed by atoms with Gasteiger partial charge in [-0.05, 0) is 61.8 Å². The lowest BCUT2D eigenvalue weighted by atomic mass is 9.75. The molecule has 0 unspecified atom stereocenters. The molecule has 0 radical (unpaired) electrons. The van der Waals surface area contributed by atoms with Crippen LogP contribution in [0.1, 0.15) is 127 Å². The zero-order valence-corrected chi connectivity index (χ0v) is 18.7. The second-order valence-corrected chi connectivity index (χ2v) is 9.88. The molecule has 0 atom stereocenters. The van der Waals surface area contributed by atoms with Crippen LogP contribution in [0.3, 0.4) is 0 Å². The fourth-order valence-corrected chi connectivity index (χ4v) is 5.68. The topological polar surface area (TPSA) is 25.8 Å². The third-order valence-electron chi connectivity index (χ3n) is 7.65. The Morgan fingerprint density at radius 3 is 1.75 bits per heavy atom. The van der Waals surface area contributed by atoms with Crippen molar-refractivity contribution in [2.24, 2.45) is 17.8 Å². The van der Waals surface area contributed by atoms with E-state index in [2.05, 4.69) is 26.2 Å². The van der Waals surface area contributed by atoms with Gasteiger partial charge < -0.3 is 0 Å². The quantitative estimate of drug-likeness (QED) is 0.383. The van der Waals surface area contributed by atoms with Crippen LogP contribution < -0.4 is 0 Å². The highest BCUT2D eigenvalue weighted by Crippen LogP contribution is 2.39. The zero-order chi connectivity index (χ0) is 19.6. The van der Waals surface area contributed by atoms with Crippen molar-refractivity contribution in [3.63, 3.8) is 0 Å². The van der Waals surface area contributed by atoms with E-state index in [1.807, 2.05) is 0 Å². The van der Waals surface area contributed by atoms with Gasteiger partial charge >= 0.3 is 0 Å². The van der Waals surface area contributed by atoms with Gasteiger partial charge in [0.25, 0.3) is 0 Å². The van der Waals surface area contributed by atoms with Crippen LogP contribution >= 0.6 is 0 Å². The SMILES string of the molecule is CCCCCc1cnc(C2CCC(CC[C@H]3CC[C@H](CCC)CC3)CC2)nc1. The molecule has 0 spiro atoms. The van der Waals surface area contributed by atoms with Crippen molar-refractivity contribution in [3.05, 3.63) is 23.8 Å². The minimum Gasteiger partial charge on any atom is -0.241 e. The van der Waals surface area contributed by atoms with E-state index in [4.69, 9.17) is 9.97 Å². The second-order valence-electron chi connectivity index (χ2n) is 9.88. The first-order chi connectivity index (χ1) is 13.8. The molecule has 0 bridgehead atoms. The molecule has 0 N–H and O–H groups in total. The number of nitrogens with zero attached hydrogens (tertiary/aromatic N) is 2.